The SMILES string of the molecule is COC(=O)c1c(C)c2c(c(C)c1O)OC(=O)c1c(C)c(Cl)c(O)c(Cl)c1O2.Cc1cc(O)c2c(c1O)C(=O)c1c(O)cc(C)c(O)c1C2=O. The molecular formula is C34H26Cl2O13. The van der Waals surface area contributed by atoms with E-state index >= 15 is 0 Å². The van der Waals surface area contributed by atoms with Crippen molar-refractivity contribution in [1.82, 2.24) is 0 Å². The lowest BCUT2D eigenvalue weighted by atomic mass is 9.80. The van der Waals surface area contributed by atoms with Crippen molar-refractivity contribution in [2.45, 2.75) is 34.6 Å². The lowest BCUT2D eigenvalue weighted by Crippen LogP contribution is -2.22. The van der Waals surface area contributed by atoms with Crippen molar-refractivity contribution >= 4 is 46.7 Å². The smallest absolute Gasteiger partial charge is 0.347 e. The monoisotopic (exact) mass is 712 g/mol. The van der Waals surface area contributed by atoms with E-state index in [0.717, 1.165) is 12.1 Å². The molecule has 0 saturated heterocycles. The molecular weight excluding hydrogens is 687 g/mol. The quantitative estimate of drug-likeness (QED) is 0.0636. The molecule has 4 aromatic rings. The van der Waals surface area contributed by atoms with Crippen molar-refractivity contribution < 1.29 is 64.0 Å². The molecule has 4 aromatic carbocycles. The van der Waals surface area contributed by atoms with Crippen LogP contribution >= 0.6 is 23.2 Å². The summed E-state index contributed by atoms with van der Waals surface area (Å²) in [7, 11) is 1.17. The van der Waals surface area contributed by atoms with Crippen molar-refractivity contribution in [2.75, 3.05) is 7.11 Å². The van der Waals surface area contributed by atoms with Crippen LogP contribution in [-0.4, -0.2) is 61.3 Å². The van der Waals surface area contributed by atoms with E-state index in [2.05, 4.69) is 0 Å². The van der Waals surface area contributed by atoms with Crippen molar-refractivity contribution in [3.05, 3.63) is 83.4 Å². The van der Waals surface area contributed by atoms with Gasteiger partial charge in [-0.15, -0.1) is 0 Å². The number of ketones is 2. The maximum atomic E-state index is 12.7. The van der Waals surface area contributed by atoms with Crippen molar-refractivity contribution in [1.29, 1.82) is 0 Å². The molecule has 1 heterocycles. The van der Waals surface area contributed by atoms with Gasteiger partial charge in [0, 0.05) is 11.1 Å². The summed E-state index contributed by atoms with van der Waals surface area (Å²) < 4.78 is 15.9. The fraction of sp³-hybridized carbons (Fsp3) is 0.176. The minimum atomic E-state index is -0.835. The first-order valence-corrected chi connectivity index (χ1v) is 14.9. The van der Waals surface area contributed by atoms with Gasteiger partial charge < -0.3 is 44.8 Å². The summed E-state index contributed by atoms with van der Waals surface area (Å²) in [6, 6.07) is 2.33. The van der Waals surface area contributed by atoms with Gasteiger partial charge in [-0.25, -0.2) is 9.59 Å². The second-order valence-corrected chi connectivity index (χ2v) is 12.0. The van der Waals surface area contributed by atoms with E-state index in [4.69, 9.17) is 37.4 Å². The molecule has 1 aliphatic carbocycles. The Morgan fingerprint density at radius 3 is 1.53 bits per heavy atom. The molecule has 0 unspecified atom stereocenters. The van der Waals surface area contributed by atoms with Crippen LogP contribution in [0.2, 0.25) is 10.0 Å². The van der Waals surface area contributed by atoms with Crippen LogP contribution in [0.25, 0.3) is 0 Å². The number of ether oxygens (including phenoxy) is 3. The fourth-order valence-corrected chi connectivity index (χ4v) is 6.08. The molecule has 0 atom stereocenters. The molecule has 0 bridgehead atoms. The third kappa shape index (κ3) is 5.09. The first-order valence-electron chi connectivity index (χ1n) is 14.1. The Balaban J connectivity index is 0.000000195. The number of methoxy groups -OCH3 is 1. The van der Waals surface area contributed by atoms with Crippen LogP contribution in [0.3, 0.4) is 0 Å². The maximum Gasteiger partial charge on any atom is 0.347 e. The molecule has 0 saturated carbocycles. The average molecular weight is 713 g/mol. The van der Waals surface area contributed by atoms with Gasteiger partial charge in [-0.2, -0.15) is 0 Å². The highest BCUT2D eigenvalue weighted by atomic mass is 35.5. The van der Waals surface area contributed by atoms with Gasteiger partial charge in [-0.3, -0.25) is 9.59 Å². The van der Waals surface area contributed by atoms with Gasteiger partial charge in [0.2, 0.25) is 11.6 Å². The fourth-order valence-electron chi connectivity index (χ4n) is 5.61. The Morgan fingerprint density at radius 1 is 0.592 bits per heavy atom. The largest absolute Gasteiger partial charge is 0.507 e. The number of fused-ring (bicyclic) bond motifs is 4. The van der Waals surface area contributed by atoms with Gasteiger partial charge in [-0.1, -0.05) is 23.2 Å². The van der Waals surface area contributed by atoms with Crippen LogP contribution in [0.1, 0.15) is 80.4 Å². The molecule has 0 amide bonds. The van der Waals surface area contributed by atoms with E-state index in [1.54, 1.807) is 0 Å². The van der Waals surface area contributed by atoms with Crippen LogP contribution < -0.4 is 9.47 Å². The van der Waals surface area contributed by atoms with Crippen LogP contribution in [0.15, 0.2) is 12.1 Å². The molecule has 6 N–H and O–H groups in total. The van der Waals surface area contributed by atoms with E-state index in [-0.39, 0.29) is 88.5 Å². The van der Waals surface area contributed by atoms with Gasteiger partial charge in [0.1, 0.15) is 44.9 Å². The van der Waals surface area contributed by atoms with E-state index in [1.165, 1.54) is 41.7 Å². The van der Waals surface area contributed by atoms with E-state index in [1.807, 2.05) is 0 Å². The normalized spacial score (nSPS) is 12.7. The third-order valence-electron chi connectivity index (χ3n) is 8.24. The number of benzene rings is 4. The summed E-state index contributed by atoms with van der Waals surface area (Å²) in [6.45, 7) is 7.37. The van der Waals surface area contributed by atoms with Crippen LogP contribution in [0, 0.1) is 34.6 Å². The molecule has 254 valence electrons. The van der Waals surface area contributed by atoms with Gasteiger partial charge in [0.25, 0.3) is 0 Å². The Labute approximate surface area is 287 Å². The first-order chi connectivity index (χ1) is 22.9. The second kappa shape index (κ2) is 12.1. The number of aryl methyl sites for hydroxylation is 2. The van der Waals surface area contributed by atoms with E-state index in [9.17, 15) is 49.8 Å². The third-order valence-corrected chi connectivity index (χ3v) is 9.05. The lowest BCUT2D eigenvalue weighted by molar-refractivity contribution is 0.0595. The molecule has 13 nitrogen and oxygen atoms in total. The van der Waals surface area contributed by atoms with Crippen molar-refractivity contribution in [2.24, 2.45) is 0 Å². The second-order valence-electron chi connectivity index (χ2n) is 11.2. The zero-order chi connectivity index (χ0) is 36.5. The summed E-state index contributed by atoms with van der Waals surface area (Å²) in [5.41, 5.74) is -0.780. The molecule has 0 aromatic heterocycles. The van der Waals surface area contributed by atoms with Crippen LogP contribution in [0.4, 0.5) is 0 Å². The standard InChI is InChI=1S/C18H14Cl2O7.C16H12O6/c1-5-9-16(11(20)13(22)10(5)19)26-14-6(2)8(17(23)25-4)12(21)7(3)15(14)27-18(9)24;1-5-3-7(17)9-11(13(5)19)15(21)10-8(18)4-6(2)14(20)12(10)16(9)22/h21-22H,1-4H3;3-4,17-20H,1-2H3. The predicted molar refractivity (Wildman–Crippen MR) is 173 cm³/mol. The minimum absolute atomic E-state index is 0.0131. The number of esters is 2. The molecule has 1 aliphatic heterocycles. The Morgan fingerprint density at radius 2 is 1.06 bits per heavy atom. The average Bonchev–Trinajstić information content (AvgIpc) is 3.20. The molecule has 49 heavy (non-hydrogen) atoms. The number of hydrogen-bond acceptors (Lipinski definition) is 13. The first kappa shape index (κ1) is 34.7. The lowest BCUT2D eigenvalue weighted by Gasteiger charge is -2.22. The minimum Gasteiger partial charge on any atom is -0.507 e. The summed E-state index contributed by atoms with van der Waals surface area (Å²) >= 11 is 12.2. The van der Waals surface area contributed by atoms with Crippen LogP contribution in [0.5, 0.6) is 51.7 Å². The van der Waals surface area contributed by atoms with Gasteiger partial charge in [0.15, 0.2) is 23.0 Å². The summed E-state index contributed by atoms with van der Waals surface area (Å²) in [5.74, 6) is -6.18. The van der Waals surface area contributed by atoms with E-state index < -0.39 is 58.0 Å². The van der Waals surface area contributed by atoms with Crippen LogP contribution in [-0.2, 0) is 4.74 Å². The van der Waals surface area contributed by atoms with Gasteiger partial charge in [0.05, 0.1) is 34.4 Å². The Kier molecular flexibility index (Phi) is 8.56. The van der Waals surface area contributed by atoms with Gasteiger partial charge in [-0.05, 0) is 63.4 Å². The molecule has 0 radical (unpaired) electrons. The van der Waals surface area contributed by atoms with E-state index in [0.29, 0.717) is 0 Å². The zero-order valence-electron chi connectivity index (χ0n) is 26.5. The molecule has 6 rings (SSSR count). The topological polar surface area (TPSA) is 217 Å². The predicted octanol–water partition coefficient (Wildman–Crippen LogP) is 6.34. The number of aromatic hydroxyl groups is 6. The number of carbonyl (C=O) groups is 4. The number of phenolic OH excluding ortho intramolecular Hbond substituents is 6. The Bertz CT molecular complexity index is 2150. The maximum absolute atomic E-state index is 12.7. The highest BCUT2D eigenvalue weighted by Gasteiger charge is 2.40. The number of carbonyl (C=O) groups excluding carboxylic acids is 4. The summed E-state index contributed by atoms with van der Waals surface area (Å²) in [5, 5.41) is 60.2. The highest BCUT2D eigenvalue weighted by molar-refractivity contribution is 6.39. The van der Waals surface area contributed by atoms with Crippen molar-refractivity contribution in [3.8, 4) is 51.7 Å². The molecule has 2 aliphatic rings. The van der Waals surface area contributed by atoms with Gasteiger partial charge >= 0.3 is 11.9 Å². The Hall–Kier alpha value is -5.66. The highest BCUT2D eigenvalue weighted by Crippen LogP contribution is 2.53. The molecule has 0 spiro atoms. The number of phenols is 6. The number of hydrogen-bond donors (Lipinski definition) is 6. The molecule has 15 heteroatoms. The number of halogens is 2. The summed E-state index contributed by atoms with van der Waals surface area (Å²) in [4.78, 5) is 49.9. The number of rotatable bonds is 1. The molecule has 0 fully saturated rings. The summed E-state index contributed by atoms with van der Waals surface area (Å²) in [6.07, 6.45) is 0. The zero-order valence-corrected chi connectivity index (χ0v) is 28.0. The van der Waals surface area contributed by atoms with Crippen molar-refractivity contribution in [3.63, 3.8) is 0 Å².